The molecule has 0 saturated carbocycles. The molecule has 2 rings (SSSR count). The average Bonchev–Trinajstić information content (AvgIpc) is 2.33. The third-order valence-corrected chi connectivity index (χ3v) is 3.74. The summed E-state index contributed by atoms with van der Waals surface area (Å²) in [7, 11) is 1.36. The Morgan fingerprint density at radius 2 is 1.90 bits per heavy atom. The smallest absolute Gasteiger partial charge is 0.424 e. The fourth-order valence-corrected chi connectivity index (χ4v) is 2.70. The standard InChI is InChI=1S/C14H15F3O3/c1-12(2)7-13(19,14(15,16)17)11(18)9-6-8(20-3)4-5-10(9)12/h4-6,19H,7H2,1-3H3. The first kappa shape index (κ1) is 14.8. The molecule has 0 heterocycles. The summed E-state index contributed by atoms with van der Waals surface area (Å²) in [6.45, 7) is 3.14. The maximum atomic E-state index is 13.1. The molecule has 0 aliphatic heterocycles. The number of ether oxygens (including phenoxy) is 1. The van der Waals surface area contributed by atoms with E-state index in [1.54, 1.807) is 26.0 Å². The predicted molar refractivity (Wildman–Crippen MR) is 66.0 cm³/mol. The summed E-state index contributed by atoms with van der Waals surface area (Å²) in [5.41, 5.74) is -3.98. The van der Waals surface area contributed by atoms with Crippen LogP contribution in [0.2, 0.25) is 0 Å². The number of hydrogen-bond acceptors (Lipinski definition) is 3. The van der Waals surface area contributed by atoms with Gasteiger partial charge in [0.05, 0.1) is 7.11 Å². The van der Waals surface area contributed by atoms with Gasteiger partial charge in [0, 0.05) is 12.0 Å². The number of halogens is 3. The molecule has 1 aliphatic carbocycles. The van der Waals surface area contributed by atoms with Gasteiger partial charge in [-0.1, -0.05) is 19.9 Å². The van der Waals surface area contributed by atoms with E-state index >= 15 is 0 Å². The lowest BCUT2D eigenvalue weighted by atomic mass is 9.65. The lowest BCUT2D eigenvalue weighted by molar-refractivity contribution is -0.244. The molecule has 1 aromatic carbocycles. The van der Waals surface area contributed by atoms with Gasteiger partial charge in [-0.25, -0.2) is 0 Å². The van der Waals surface area contributed by atoms with Crippen LogP contribution in [0.25, 0.3) is 0 Å². The second kappa shape index (κ2) is 4.22. The van der Waals surface area contributed by atoms with Crippen LogP contribution in [0.5, 0.6) is 5.75 Å². The zero-order chi connectivity index (χ0) is 15.3. The second-order valence-electron chi connectivity index (χ2n) is 5.66. The number of Topliss-reactive ketones (excluding diaryl/α,β-unsaturated/α-hetero) is 1. The molecule has 1 aliphatic rings. The number of benzene rings is 1. The molecular weight excluding hydrogens is 273 g/mol. The van der Waals surface area contributed by atoms with Crippen molar-refractivity contribution in [3.05, 3.63) is 29.3 Å². The van der Waals surface area contributed by atoms with Crippen molar-refractivity contribution >= 4 is 5.78 Å². The van der Waals surface area contributed by atoms with Crippen LogP contribution >= 0.6 is 0 Å². The molecule has 3 nitrogen and oxygen atoms in total. The molecule has 0 saturated heterocycles. The van der Waals surface area contributed by atoms with Crippen molar-refractivity contribution in [3.8, 4) is 5.75 Å². The van der Waals surface area contributed by atoms with Crippen LogP contribution in [0.1, 0.15) is 36.2 Å². The van der Waals surface area contributed by atoms with Crippen LogP contribution in [0.3, 0.4) is 0 Å². The fraction of sp³-hybridized carbons (Fsp3) is 0.500. The van der Waals surface area contributed by atoms with E-state index in [1.165, 1.54) is 13.2 Å². The minimum atomic E-state index is -5.01. The number of hydrogen-bond donors (Lipinski definition) is 1. The normalized spacial score (nSPS) is 25.2. The minimum absolute atomic E-state index is 0.138. The minimum Gasteiger partial charge on any atom is -0.497 e. The monoisotopic (exact) mass is 288 g/mol. The highest BCUT2D eigenvalue weighted by atomic mass is 19.4. The number of carbonyl (C=O) groups is 1. The fourth-order valence-electron chi connectivity index (χ4n) is 2.70. The van der Waals surface area contributed by atoms with Crippen molar-refractivity contribution in [3.63, 3.8) is 0 Å². The Bertz CT molecular complexity index is 563. The Kier molecular flexibility index (Phi) is 3.13. The van der Waals surface area contributed by atoms with E-state index in [-0.39, 0.29) is 11.3 Å². The van der Waals surface area contributed by atoms with E-state index in [0.29, 0.717) is 5.56 Å². The van der Waals surface area contributed by atoms with Crippen LogP contribution in [0.15, 0.2) is 18.2 Å². The summed E-state index contributed by atoms with van der Waals surface area (Å²) in [5, 5.41) is 9.91. The number of ketones is 1. The van der Waals surface area contributed by atoms with E-state index in [1.807, 2.05) is 0 Å². The molecular formula is C14H15F3O3. The van der Waals surface area contributed by atoms with E-state index in [9.17, 15) is 23.1 Å². The van der Waals surface area contributed by atoms with Crippen molar-refractivity contribution in [2.24, 2.45) is 0 Å². The van der Waals surface area contributed by atoms with Gasteiger partial charge in [0.1, 0.15) is 5.75 Å². The second-order valence-corrected chi connectivity index (χ2v) is 5.66. The number of fused-ring (bicyclic) bond motifs is 1. The quantitative estimate of drug-likeness (QED) is 0.864. The van der Waals surface area contributed by atoms with Gasteiger partial charge in [-0.05, 0) is 23.1 Å². The van der Waals surface area contributed by atoms with Gasteiger partial charge in [0.25, 0.3) is 0 Å². The molecule has 0 fully saturated rings. The van der Waals surface area contributed by atoms with E-state index in [4.69, 9.17) is 4.74 Å². The molecule has 1 atom stereocenters. The first-order valence-corrected chi connectivity index (χ1v) is 6.05. The third kappa shape index (κ3) is 1.98. The van der Waals surface area contributed by atoms with Crippen molar-refractivity contribution in [2.45, 2.75) is 37.5 Å². The third-order valence-electron chi connectivity index (χ3n) is 3.74. The Labute approximate surface area is 114 Å². The molecule has 1 N–H and O–H groups in total. The summed E-state index contributed by atoms with van der Waals surface area (Å²) in [5.74, 6) is -1.04. The molecule has 0 radical (unpaired) electrons. The van der Waals surface area contributed by atoms with Gasteiger partial charge in [0.15, 0.2) is 0 Å². The van der Waals surface area contributed by atoms with E-state index in [0.717, 1.165) is 0 Å². The highest BCUT2D eigenvalue weighted by Crippen LogP contribution is 2.48. The summed E-state index contributed by atoms with van der Waals surface area (Å²) in [6, 6.07) is 4.41. The van der Waals surface area contributed by atoms with Crippen molar-refractivity contribution in [1.29, 1.82) is 0 Å². The molecule has 1 unspecified atom stereocenters. The molecule has 1 aromatic rings. The van der Waals surface area contributed by atoms with Crippen molar-refractivity contribution in [2.75, 3.05) is 7.11 Å². The van der Waals surface area contributed by atoms with E-state index < -0.39 is 29.4 Å². The van der Waals surface area contributed by atoms with Gasteiger partial charge in [-0.2, -0.15) is 13.2 Å². The predicted octanol–water partition coefficient (Wildman–Crippen LogP) is 2.85. The van der Waals surface area contributed by atoms with Gasteiger partial charge >= 0.3 is 6.18 Å². The highest BCUT2D eigenvalue weighted by Gasteiger charge is 2.63. The van der Waals surface area contributed by atoms with Gasteiger partial charge in [-0.15, -0.1) is 0 Å². The van der Waals surface area contributed by atoms with Crippen LogP contribution < -0.4 is 4.74 Å². The Morgan fingerprint density at radius 3 is 2.40 bits per heavy atom. The van der Waals surface area contributed by atoms with Gasteiger partial charge < -0.3 is 9.84 Å². The number of alkyl halides is 3. The number of rotatable bonds is 1. The molecule has 0 spiro atoms. The molecule has 0 bridgehead atoms. The SMILES string of the molecule is COc1ccc2c(c1)C(=O)C(O)(C(F)(F)F)CC2(C)C. The molecule has 20 heavy (non-hydrogen) atoms. The Hall–Kier alpha value is -1.56. The number of methoxy groups -OCH3 is 1. The summed E-state index contributed by atoms with van der Waals surface area (Å²) in [6.07, 6.45) is -5.70. The number of carbonyl (C=O) groups excluding carboxylic acids is 1. The molecule has 6 heteroatoms. The lowest BCUT2D eigenvalue weighted by Gasteiger charge is -2.42. The van der Waals surface area contributed by atoms with Crippen LogP contribution in [0.4, 0.5) is 13.2 Å². The van der Waals surface area contributed by atoms with Crippen LogP contribution in [-0.2, 0) is 5.41 Å². The molecule has 0 aromatic heterocycles. The Morgan fingerprint density at radius 1 is 1.30 bits per heavy atom. The summed E-state index contributed by atoms with van der Waals surface area (Å²) >= 11 is 0. The highest BCUT2D eigenvalue weighted by molar-refractivity contribution is 6.06. The largest absolute Gasteiger partial charge is 0.497 e. The lowest BCUT2D eigenvalue weighted by Crippen LogP contribution is -2.58. The maximum Gasteiger partial charge on any atom is 0.424 e. The summed E-state index contributed by atoms with van der Waals surface area (Å²) in [4.78, 5) is 12.1. The van der Waals surface area contributed by atoms with Crippen molar-refractivity contribution < 1.29 is 27.8 Å². The zero-order valence-electron chi connectivity index (χ0n) is 11.3. The maximum absolute atomic E-state index is 13.1. The topological polar surface area (TPSA) is 46.5 Å². The van der Waals surface area contributed by atoms with Crippen molar-refractivity contribution in [1.82, 2.24) is 0 Å². The first-order chi connectivity index (χ1) is 9.03. The zero-order valence-corrected chi connectivity index (χ0v) is 11.3. The van der Waals surface area contributed by atoms with Crippen LogP contribution in [-0.4, -0.2) is 29.8 Å². The Balaban J connectivity index is 2.68. The average molecular weight is 288 g/mol. The molecule has 110 valence electrons. The first-order valence-electron chi connectivity index (χ1n) is 6.05. The van der Waals surface area contributed by atoms with Crippen LogP contribution in [0, 0.1) is 0 Å². The number of aliphatic hydroxyl groups is 1. The molecule has 0 amide bonds. The van der Waals surface area contributed by atoms with Gasteiger partial charge in [0.2, 0.25) is 11.4 Å². The summed E-state index contributed by atoms with van der Waals surface area (Å²) < 4.78 is 44.2. The van der Waals surface area contributed by atoms with Gasteiger partial charge in [-0.3, -0.25) is 4.79 Å². The van der Waals surface area contributed by atoms with E-state index in [2.05, 4.69) is 0 Å².